The summed E-state index contributed by atoms with van der Waals surface area (Å²) in [5.74, 6) is 2.97. The van der Waals surface area contributed by atoms with E-state index in [4.69, 9.17) is 23.5 Å². The zero-order valence-corrected chi connectivity index (χ0v) is 22.6. The lowest BCUT2D eigenvalue weighted by Crippen LogP contribution is -2.46. The predicted octanol–water partition coefficient (Wildman–Crippen LogP) is 6.81. The minimum Gasteiger partial charge on any atom is -0.497 e. The van der Waals surface area contributed by atoms with Crippen LogP contribution in [0, 0.1) is 0 Å². The Kier molecular flexibility index (Phi) is 9.85. The molecule has 0 aliphatic carbocycles. The number of benzene rings is 2. The van der Waals surface area contributed by atoms with E-state index in [1.165, 1.54) is 19.3 Å². The first-order valence-corrected chi connectivity index (χ1v) is 13.5. The normalized spacial score (nSPS) is 15.1. The Morgan fingerprint density at radius 2 is 1.68 bits per heavy atom. The number of rotatable bonds is 13. The third-order valence-electron chi connectivity index (χ3n) is 6.56. The predicted molar refractivity (Wildman–Crippen MR) is 145 cm³/mol. The van der Waals surface area contributed by atoms with Crippen molar-refractivity contribution in [1.82, 2.24) is 10.1 Å². The molecular formula is C30H40N2O5. The average Bonchev–Trinajstić information content (AvgIpc) is 3.40. The molecular weight excluding hydrogens is 468 g/mol. The molecule has 1 fully saturated rings. The highest BCUT2D eigenvalue weighted by atomic mass is 16.5. The summed E-state index contributed by atoms with van der Waals surface area (Å²) < 4.78 is 29.6. The molecule has 0 bridgehead atoms. The van der Waals surface area contributed by atoms with Gasteiger partial charge in [0.15, 0.2) is 12.0 Å². The number of hydrogen-bond donors (Lipinski definition) is 0. The van der Waals surface area contributed by atoms with E-state index >= 15 is 0 Å². The Bertz CT molecular complexity index is 1090. The van der Waals surface area contributed by atoms with Gasteiger partial charge >= 0.3 is 0 Å². The first-order chi connectivity index (χ1) is 18.1. The van der Waals surface area contributed by atoms with Crippen molar-refractivity contribution in [3.8, 4) is 39.7 Å². The van der Waals surface area contributed by atoms with Crippen molar-refractivity contribution >= 4 is 0 Å². The molecule has 7 nitrogen and oxygen atoms in total. The molecule has 1 aromatic heterocycles. The zero-order valence-electron chi connectivity index (χ0n) is 22.6. The summed E-state index contributed by atoms with van der Waals surface area (Å²) >= 11 is 0. The fourth-order valence-electron chi connectivity index (χ4n) is 4.62. The Labute approximate surface area is 220 Å². The largest absolute Gasteiger partial charge is 0.497 e. The van der Waals surface area contributed by atoms with E-state index in [9.17, 15) is 0 Å². The topological polar surface area (TPSA) is 66.2 Å². The molecule has 1 atom stereocenters. The highest BCUT2D eigenvalue weighted by Gasteiger charge is 2.25. The summed E-state index contributed by atoms with van der Waals surface area (Å²) in [4.78, 5) is 2.39. The Morgan fingerprint density at radius 1 is 0.919 bits per heavy atom. The Balaban J connectivity index is 1.68. The van der Waals surface area contributed by atoms with Gasteiger partial charge in [-0.3, -0.25) is 4.90 Å². The summed E-state index contributed by atoms with van der Waals surface area (Å²) in [5, 5.41) is 4.15. The van der Waals surface area contributed by atoms with Crippen LogP contribution in [0.25, 0.3) is 22.5 Å². The summed E-state index contributed by atoms with van der Waals surface area (Å²) in [6.45, 7) is 9.45. The van der Waals surface area contributed by atoms with Gasteiger partial charge in [0.2, 0.25) is 0 Å². The lowest BCUT2D eigenvalue weighted by Gasteiger charge is -2.35. The van der Waals surface area contributed by atoms with E-state index in [0.29, 0.717) is 5.76 Å². The Morgan fingerprint density at radius 3 is 2.38 bits per heavy atom. The third kappa shape index (κ3) is 7.27. The average molecular weight is 509 g/mol. The molecule has 1 aliphatic heterocycles. The quantitative estimate of drug-likeness (QED) is 0.235. The molecule has 1 aliphatic rings. The van der Waals surface area contributed by atoms with Crippen LogP contribution in [0.5, 0.6) is 17.2 Å². The molecule has 1 saturated heterocycles. The van der Waals surface area contributed by atoms with Crippen molar-refractivity contribution in [2.75, 3.05) is 33.4 Å². The number of aromatic nitrogens is 1. The van der Waals surface area contributed by atoms with Crippen LogP contribution in [0.15, 0.2) is 53.2 Å². The minimum absolute atomic E-state index is 0.0545. The van der Waals surface area contributed by atoms with Crippen molar-refractivity contribution in [1.29, 1.82) is 0 Å². The molecule has 4 rings (SSSR count). The first-order valence-electron chi connectivity index (χ1n) is 13.5. The zero-order chi connectivity index (χ0) is 26.0. The van der Waals surface area contributed by atoms with Gasteiger partial charge in [-0.2, -0.15) is 0 Å². The third-order valence-corrected chi connectivity index (χ3v) is 6.56. The molecule has 2 heterocycles. The Hall–Kier alpha value is -3.03. The van der Waals surface area contributed by atoms with Gasteiger partial charge in [0.25, 0.3) is 0 Å². The molecule has 200 valence electrons. The van der Waals surface area contributed by atoms with Crippen LogP contribution in [-0.4, -0.2) is 55.8 Å². The van der Waals surface area contributed by atoms with Gasteiger partial charge in [0.05, 0.1) is 38.2 Å². The van der Waals surface area contributed by atoms with Gasteiger partial charge in [-0.15, -0.1) is 0 Å². The highest BCUT2D eigenvalue weighted by Crippen LogP contribution is 2.40. The van der Waals surface area contributed by atoms with E-state index in [-0.39, 0.29) is 12.3 Å². The van der Waals surface area contributed by atoms with Crippen LogP contribution < -0.4 is 14.2 Å². The number of methoxy groups -OCH3 is 1. The maximum atomic E-state index is 6.82. The molecule has 1 unspecified atom stereocenters. The smallest absolute Gasteiger partial charge is 0.178 e. The van der Waals surface area contributed by atoms with Gasteiger partial charge in [0, 0.05) is 24.7 Å². The first kappa shape index (κ1) is 27.0. The minimum atomic E-state index is -0.0545. The lowest BCUT2D eigenvalue weighted by atomic mass is 10.0. The SMILES string of the molecule is CCCCCCC(Oc1cc(OC(C)C)ccc1-c1oncc1-c1ccc(OC)cc1)N1CCOCC1. The molecule has 0 radical (unpaired) electrons. The molecule has 2 aromatic carbocycles. The molecule has 3 aromatic rings. The van der Waals surface area contributed by atoms with Crippen LogP contribution in [0.2, 0.25) is 0 Å². The molecule has 0 saturated carbocycles. The highest BCUT2D eigenvalue weighted by molar-refractivity contribution is 5.82. The second-order valence-corrected chi connectivity index (χ2v) is 9.69. The van der Waals surface area contributed by atoms with Gasteiger partial charge in [-0.05, 0) is 56.5 Å². The van der Waals surface area contributed by atoms with Crippen molar-refractivity contribution < 1.29 is 23.5 Å². The maximum Gasteiger partial charge on any atom is 0.178 e. The van der Waals surface area contributed by atoms with Gasteiger partial charge in [0.1, 0.15) is 17.2 Å². The summed E-state index contributed by atoms with van der Waals surface area (Å²) in [6, 6.07) is 13.9. The van der Waals surface area contributed by atoms with E-state index in [1.54, 1.807) is 13.3 Å². The molecule has 37 heavy (non-hydrogen) atoms. The van der Waals surface area contributed by atoms with Gasteiger partial charge in [-0.1, -0.05) is 43.5 Å². The fourth-order valence-corrected chi connectivity index (χ4v) is 4.62. The number of morpholine rings is 1. The van der Waals surface area contributed by atoms with Crippen molar-refractivity contribution in [2.45, 2.75) is 65.2 Å². The standard InChI is InChI=1S/C30H40N2O5/c1-5-6-7-8-9-29(32-16-18-34-19-17-32)36-28-20-25(35-22(2)3)14-15-26(28)30-27(21-31-37-30)23-10-12-24(33-4)13-11-23/h10-15,20-22,29H,5-9,16-19H2,1-4H3. The van der Waals surface area contributed by atoms with Crippen LogP contribution in [0.3, 0.4) is 0 Å². The lowest BCUT2D eigenvalue weighted by molar-refractivity contribution is -0.0495. The molecule has 0 spiro atoms. The summed E-state index contributed by atoms with van der Waals surface area (Å²) in [7, 11) is 1.66. The number of unbranched alkanes of at least 4 members (excludes halogenated alkanes) is 3. The summed E-state index contributed by atoms with van der Waals surface area (Å²) in [6.07, 6.45) is 7.48. The van der Waals surface area contributed by atoms with Crippen molar-refractivity contribution in [2.24, 2.45) is 0 Å². The number of ether oxygens (including phenoxy) is 4. The maximum absolute atomic E-state index is 6.82. The van der Waals surface area contributed by atoms with Crippen molar-refractivity contribution in [3.63, 3.8) is 0 Å². The van der Waals surface area contributed by atoms with E-state index in [0.717, 1.165) is 73.1 Å². The van der Waals surface area contributed by atoms with Gasteiger partial charge < -0.3 is 23.5 Å². The van der Waals surface area contributed by atoms with Crippen LogP contribution >= 0.6 is 0 Å². The monoisotopic (exact) mass is 508 g/mol. The second kappa shape index (κ2) is 13.5. The van der Waals surface area contributed by atoms with Crippen LogP contribution in [-0.2, 0) is 4.74 Å². The van der Waals surface area contributed by atoms with E-state index in [2.05, 4.69) is 17.0 Å². The summed E-state index contributed by atoms with van der Waals surface area (Å²) in [5.41, 5.74) is 2.75. The van der Waals surface area contributed by atoms with Crippen LogP contribution in [0.1, 0.15) is 52.9 Å². The number of nitrogens with zero attached hydrogens (tertiary/aromatic N) is 2. The molecule has 7 heteroatoms. The molecule has 0 N–H and O–H groups in total. The van der Waals surface area contributed by atoms with E-state index in [1.807, 2.05) is 56.3 Å². The van der Waals surface area contributed by atoms with Gasteiger partial charge in [-0.25, -0.2) is 0 Å². The van der Waals surface area contributed by atoms with E-state index < -0.39 is 0 Å². The fraction of sp³-hybridized carbons (Fsp3) is 0.500. The van der Waals surface area contributed by atoms with Crippen molar-refractivity contribution in [3.05, 3.63) is 48.7 Å². The number of hydrogen-bond acceptors (Lipinski definition) is 7. The molecule has 0 amide bonds. The second-order valence-electron chi connectivity index (χ2n) is 9.69. The van der Waals surface area contributed by atoms with Crippen LogP contribution in [0.4, 0.5) is 0 Å².